The van der Waals surface area contributed by atoms with Crippen LogP contribution in [0.2, 0.25) is 0 Å². The first-order valence-corrected chi connectivity index (χ1v) is 8.90. The van der Waals surface area contributed by atoms with Crippen molar-refractivity contribution in [3.8, 4) is 5.75 Å². The number of hydrogen-bond donors (Lipinski definition) is 3. The number of nitrogens with one attached hydrogen (secondary N) is 1. The van der Waals surface area contributed by atoms with Crippen molar-refractivity contribution in [1.29, 1.82) is 0 Å². The highest BCUT2D eigenvalue weighted by Gasteiger charge is 2.16. The molecule has 0 saturated carbocycles. The fourth-order valence-corrected chi connectivity index (χ4v) is 3.04. The molecule has 0 aliphatic rings. The smallest absolute Gasteiger partial charge is 0.294 e. The van der Waals surface area contributed by atoms with E-state index in [4.69, 9.17) is 0 Å². The van der Waals surface area contributed by atoms with Crippen LogP contribution in [0.4, 0.5) is 11.4 Å². The number of carbonyl (C=O) groups is 1. The van der Waals surface area contributed by atoms with Crippen LogP contribution in [0.5, 0.6) is 5.75 Å². The molecule has 0 heterocycles. The van der Waals surface area contributed by atoms with Gasteiger partial charge < -0.3 is 10.4 Å². The van der Waals surface area contributed by atoms with Crippen LogP contribution in [0, 0.1) is 10.1 Å². The van der Waals surface area contributed by atoms with E-state index >= 15 is 0 Å². The molecule has 10 heteroatoms. The van der Waals surface area contributed by atoms with Gasteiger partial charge in [0.05, 0.1) is 9.82 Å². The molecule has 3 aromatic carbocycles. The lowest BCUT2D eigenvalue weighted by atomic mass is 10.1. The Morgan fingerprint density at radius 2 is 1.78 bits per heavy atom. The van der Waals surface area contributed by atoms with E-state index in [0.717, 1.165) is 18.2 Å². The summed E-state index contributed by atoms with van der Waals surface area (Å²) >= 11 is 0. The molecule has 0 aliphatic carbocycles. The summed E-state index contributed by atoms with van der Waals surface area (Å²) in [5.74, 6) is -0.816. The van der Waals surface area contributed by atoms with Crippen molar-refractivity contribution < 1.29 is 27.8 Å². The molecule has 0 fully saturated rings. The van der Waals surface area contributed by atoms with Crippen LogP contribution in [0.1, 0.15) is 10.4 Å². The topological polar surface area (TPSA) is 147 Å². The first kappa shape index (κ1) is 18.3. The average Bonchev–Trinajstić information content (AvgIpc) is 2.63. The zero-order chi connectivity index (χ0) is 19.8. The van der Waals surface area contributed by atoms with E-state index < -0.39 is 25.8 Å². The Kier molecular flexibility index (Phi) is 4.52. The second kappa shape index (κ2) is 6.67. The molecule has 0 aromatic heterocycles. The summed E-state index contributed by atoms with van der Waals surface area (Å²) in [5.41, 5.74) is -0.0759. The number of rotatable bonds is 4. The van der Waals surface area contributed by atoms with E-state index in [1.165, 1.54) is 36.4 Å². The summed E-state index contributed by atoms with van der Waals surface area (Å²) < 4.78 is 31.9. The minimum Gasteiger partial charge on any atom is -0.507 e. The Bertz CT molecular complexity index is 1190. The molecule has 0 saturated heterocycles. The van der Waals surface area contributed by atoms with Gasteiger partial charge in [-0.05, 0) is 36.4 Å². The SMILES string of the molecule is O=C(Nc1ccc(O)c2ccc(S(=O)(=O)O)cc12)c1cccc([N+](=O)[O-])c1. The minimum atomic E-state index is -4.49. The third-order valence-electron chi connectivity index (χ3n) is 3.83. The number of nitrogens with zero attached hydrogens (tertiary/aromatic N) is 1. The zero-order valence-corrected chi connectivity index (χ0v) is 14.3. The van der Waals surface area contributed by atoms with Crippen molar-refractivity contribution in [1.82, 2.24) is 0 Å². The molecule has 138 valence electrons. The number of anilines is 1. The van der Waals surface area contributed by atoms with Crippen molar-refractivity contribution in [2.45, 2.75) is 4.90 Å². The second-order valence-electron chi connectivity index (χ2n) is 5.58. The lowest BCUT2D eigenvalue weighted by Gasteiger charge is -2.11. The molecule has 3 N–H and O–H groups in total. The molecular weight excluding hydrogens is 376 g/mol. The van der Waals surface area contributed by atoms with Crippen molar-refractivity contribution in [3.63, 3.8) is 0 Å². The molecule has 0 spiro atoms. The van der Waals surface area contributed by atoms with Gasteiger partial charge in [-0.1, -0.05) is 6.07 Å². The Hall–Kier alpha value is -3.50. The number of nitro groups is 1. The number of amides is 1. The first-order chi connectivity index (χ1) is 12.7. The standard InChI is InChI=1S/C17H12N2O7S/c20-16-7-6-15(14-9-12(27(24,25)26)4-5-13(14)16)18-17(21)10-2-1-3-11(8-10)19(22)23/h1-9,20H,(H,18,21)(H,24,25,26). The number of nitro benzene ring substituents is 1. The maximum Gasteiger partial charge on any atom is 0.294 e. The van der Waals surface area contributed by atoms with Gasteiger partial charge in [0.2, 0.25) is 0 Å². The highest BCUT2D eigenvalue weighted by atomic mass is 32.2. The molecule has 0 atom stereocenters. The molecule has 27 heavy (non-hydrogen) atoms. The quantitative estimate of drug-likeness (QED) is 0.269. The Morgan fingerprint density at radius 1 is 1.04 bits per heavy atom. The van der Waals surface area contributed by atoms with E-state index in [0.29, 0.717) is 0 Å². The summed E-state index contributed by atoms with van der Waals surface area (Å²) in [6.07, 6.45) is 0. The number of aromatic hydroxyl groups is 1. The van der Waals surface area contributed by atoms with Gasteiger partial charge in [-0.2, -0.15) is 8.42 Å². The zero-order valence-electron chi connectivity index (χ0n) is 13.5. The third kappa shape index (κ3) is 3.71. The Morgan fingerprint density at radius 3 is 2.44 bits per heavy atom. The number of carbonyl (C=O) groups excluding carboxylic acids is 1. The van der Waals surface area contributed by atoms with Crippen LogP contribution in [0.25, 0.3) is 10.8 Å². The highest BCUT2D eigenvalue weighted by molar-refractivity contribution is 7.85. The third-order valence-corrected chi connectivity index (χ3v) is 4.68. The maximum atomic E-state index is 12.4. The molecule has 3 aromatic rings. The summed E-state index contributed by atoms with van der Waals surface area (Å²) in [7, 11) is -4.49. The van der Waals surface area contributed by atoms with Crippen molar-refractivity contribution in [2.24, 2.45) is 0 Å². The van der Waals surface area contributed by atoms with Gasteiger partial charge in [-0.25, -0.2) is 0 Å². The number of non-ortho nitro benzene ring substituents is 1. The molecule has 1 amide bonds. The minimum absolute atomic E-state index is 0.0244. The van der Waals surface area contributed by atoms with E-state index in [1.807, 2.05) is 0 Å². The normalized spacial score (nSPS) is 11.3. The van der Waals surface area contributed by atoms with Gasteiger partial charge >= 0.3 is 0 Å². The number of phenols is 1. The summed E-state index contributed by atoms with van der Waals surface area (Å²) in [6, 6.07) is 11.2. The van der Waals surface area contributed by atoms with Crippen LogP contribution < -0.4 is 5.32 Å². The number of hydrogen-bond acceptors (Lipinski definition) is 6. The fraction of sp³-hybridized carbons (Fsp3) is 0. The lowest BCUT2D eigenvalue weighted by molar-refractivity contribution is -0.384. The Balaban J connectivity index is 2.06. The lowest BCUT2D eigenvalue weighted by Crippen LogP contribution is -2.12. The largest absolute Gasteiger partial charge is 0.507 e. The molecule has 0 bridgehead atoms. The van der Waals surface area contributed by atoms with E-state index in [9.17, 15) is 33.0 Å². The molecule has 9 nitrogen and oxygen atoms in total. The van der Waals surface area contributed by atoms with Crippen molar-refractivity contribution in [3.05, 3.63) is 70.3 Å². The summed E-state index contributed by atoms with van der Waals surface area (Å²) in [4.78, 5) is 22.2. The van der Waals surface area contributed by atoms with Gasteiger partial charge in [-0.15, -0.1) is 0 Å². The predicted molar refractivity (Wildman–Crippen MR) is 96.5 cm³/mol. The predicted octanol–water partition coefficient (Wildman–Crippen LogP) is 2.95. The van der Waals surface area contributed by atoms with Crippen LogP contribution in [0.15, 0.2) is 59.5 Å². The molecule has 0 radical (unpaired) electrons. The average molecular weight is 388 g/mol. The highest BCUT2D eigenvalue weighted by Crippen LogP contribution is 2.33. The molecule has 3 rings (SSSR count). The monoisotopic (exact) mass is 388 g/mol. The molecule has 0 aliphatic heterocycles. The first-order valence-electron chi connectivity index (χ1n) is 7.46. The number of phenolic OH excluding ortho intramolecular Hbond substituents is 1. The van der Waals surface area contributed by atoms with E-state index in [-0.39, 0.29) is 33.5 Å². The van der Waals surface area contributed by atoms with Gasteiger partial charge in [-0.3, -0.25) is 19.5 Å². The van der Waals surface area contributed by atoms with E-state index in [2.05, 4.69) is 5.32 Å². The summed E-state index contributed by atoms with van der Waals surface area (Å²) in [5, 5.41) is 23.7. The van der Waals surface area contributed by atoms with Crippen LogP contribution in [-0.4, -0.2) is 28.9 Å². The van der Waals surface area contributed by atoms with Crippen LogP contribution in [-0.2, 0) is 10.1 Å². The second-order valence-corrected chi connectivity index (χ2v) is 7.00. The van der Waals surface area contributed by atoms with Crippen molar-refractivity contribution in [2.75, 3.05) is 5.32 Å². The molecule has 0 unspecified atom stereocenters. The fourth-order valence-electron chi connectivity index (χ4n) is 2.54. The van der Waals surface area contributed by atoms with Gasteiger partial charge in [0.15, 0.2) is 0 Å². The van der Waals surface area contributed by atoms with Gasteiger partial charge in [0.25, 0.3) is 21.7 Å². The number of benzene rings is 3. The maximum absolute atomic E-state index is 12.4. The Labute approximate surface area is 152 Å². The van der Waals surface area contributed by atoms with Crippen LogP contribution in [0.3, 0.4) is 0 Å². The summed E-state index contributed by atoms with van der Waals surface area (Å²) in [6.45, 7) is 0. The van der Waals surface area contributed by atoms with E-state index in [1.54, 1.807) is 0 Å². The van der Waals surface area contributed by atoms with Gasteiger partial charge in [0, 0.05) is 34.2 Å². The molecular formula is C17H12N2O7S. The van der Waals surface area contributed by atoms with Crippen LogP contribution >= 0.6 is 0 Å². The van der Waals surface area contributed by atoms with Gasteiger partial charge in [0.1, 0.15) is 5.75 Å². The van der Waals surface area contributed by atoms with Crippen molar-refractivity contribution >= 4 is 38.2 Å². The number of fused-ring (bicyclic) bond motifs is 1.